The van der Waals surface area contributed by atoms with Crippen LogP contribution in [0.3, 0.4) is 0 Å². The van der Waals surface area contributed by atoms with Crippen LogP contribution in [0.2, 0.25) is 0 Å². The molecule has 2 aromatic heterocycles. The zero-order valence-corrected chi connectivity index (χ0v) is 16.5. The molecule has 0 spiro atoms. The third-order valence-corrected chi connectivity index (χ3v) is 5.78. The van der Waals surface area contributed by atoms with E-state index in [9.17, 15) is 4.79 Å². The van der Waals surface area contributed by atoms with E-state index in [1.165, 1.54) is 0 Å². The Bertz CT molecular complexity index is 1010. The first-order valence-corrected chi connectivity index (χ1v) is 10.5. The van der Waals surface area contributed by atoms with Gasteiger partial charge in [-0.2, -0.15) is 0 Å². The highest BCUT2D eigenvalue weighted by Gasteiger charge is 2.29. The molecule has 1 aliphatic heterocycles. The molecule has 5 rings (SSSR count). The van der Waals surface area contributed by atoms with Crippen molar-refractivity contribution in [2.75, 3.05) is 13.2 Å². The van der Waals surface area contributed by atoms with Gasteiger partial charge in [0.25, 0.3) is 5.91 Å². The maximum atomic E-state index is 13.8. The molecule has 1 saturated heterocycles. The van der Waals surface area contributed by atoms with Gasteiger partial charge >= 0.3 is 0 Å². The predicted octanol–water partition coefficient (Wildman–Crippen LogP) is 4.33. The molecular formula is C24H25N3O2. The summed E-state index contributed by atoms with van der Waals surface area (Å²) in [6.45, 7) is 1.85. The molecule has 0 radical (unpaired) electrons. The van der Waals surface area contributed by atoms with Gasteiger partial charge in [-0.1, -0.05) is 24.3 Å². The van der Waals surface area contributed by atoms with Crippen LogP contribution in [-0.2, 0) is 11.3 Å². The highest BCUT2D eigenvalue weighted by Crippen LogP contribution is 2.40. The maximum Gasteiger partial charge on any atom is 0.255 e. The molecule has 5 nitrogen and oxygen atoms in total. The number of fused-ring (bicyclic) bond motifs is 1. The van der Waals surface area contributed by atoms with Crippen LogP contribution in [0.1, 0.15) is 53.3 Å². The lowest BCUT2D eigenvalue weighted by atomic mass is 10.0. The molecule has 1 aromatic carbocycles. The fourth-order valence-corrected chi connectivity index (χ4v) is 4.07. The average Bonchev–Trinajstić information content (AvgIpc) is 3.49. The van der Waals surface area contributed by atoms with E-state index < -0.39 is 0 Å². The molecule has 5 heteroatoms. The van der Waals surface area contributed by atoms with E-state index in [1.807, 2.05) is 53.4 Å². The highest BCUT2D eigenvalue weighted by atomic mass is 16.5. The van der Waals surface area contributed by atoms with Gasteiger partial charge < -0.3 is 9.64 Å². The molecular weight excluding hydrogens is 362 g/mol. The molecule has 2 fully saturated rings. The van der Waals surface area contributed by atoms with Crippen molar-refractivity contribution in [3.63, 3.8) is 0 Å². The summed E-state index contributed by atoms with van der Waals surface area (Å²) in [4.78, 5) is 24.9. The Hall–Kier alpha value is -2.79. The van der Waals surface area contributed by atoms with Gasteiger partial charge in [0.15, 0.2) is 0 Å². The Morgan fingerprint density at radius 3 is 2.72 bits per heavy atom. The average molecular weight is 387 g/mol. The predicted molar refractivity (Wildman–Crippen MR) is 112 cm³/mol. The fraction of sp³-hybridized carbons (Fsp3) is 0.375. The largest absolute Gasteiger partial charge is 0.376 e. The summed E-state index contributed by atoms with van der Waals surface area (Å²) >= 11 is 0. The van der Waals surface area contributed by atoms with Gasteiger partial charge in [-0.3, -0.25) is 14.8 Å². The number of hydrogen-bond acceptors (Lipinski definition) is 4. The Balaban J connectivity index is 1.52. The second-order valence-corrected chi connectivity index (χ2v) is 8.03. The van der Waals surface area contributed by atoms with Crippen molar-refractivity contribution in [3.05, 3.63) is 71.7 Å². The van der Waals surface area contributed by atoms with Gasteiger partial charge in [-0.25, -0.2) is 0 Å². The van der Waals surface area contributed by atoms with Crippen molar-refractivity contribution in [2.24, 2.45) is 0 Å². The lowest BCUT2D eigenvalue weighted by Gasteiger charge is -2.26. The molecule has 0 N–H and O–H groups in total. The van der Waals surface area contributed by atoms with Gasteiger partial charge in [0, 0.05) is 36.3 Å². The minimum atomic E-state index is 0.0339. The van der Waals surface area contributed by atoms with Crippen molar-refractivity contribution in [2.45, 2.75) is 44.2 Å². The van der Waals surface area contributed by atoms with E-state index in [0.29, 0.717) is 19.0 Å². The van der Waals surface area contributed by atoms with E-state index in [-0.39, 0.29) is 12.0 Å². The lowest BCUT2D eigenvalue weighted by Crippen LogP contribution is -2.37. The quantitative estimate of drug-likeness (QED) is 0.632. The number of amides is 1. The summed E-state index contributed by atoms with van der Waals surface area (Å²) in [5, 5.41) is 0.917. The second-order valence-electron chi connectivity index (χ2n) is 8.03. The van der Waals surface area contributed by atoms with Crippen molar-refractivity contribution >= 4 is 16.8 Å². The number of aromatic nitrogens is 2. The normalized spacial score (nSPS) is 18.8. The Kier molecular flexibility index (Phi) is 4.98. The van der Waals surface area contributed by atoms with Gasteiger partial charge in [0.05, 0.1) is 29.4 Å². The van der Waals surface area contributed by atoms with Crippen LogP contribution >= 0.6 is 0 Å². The van der Waals surface area contributed by atoms with Gasteiger partial charge in [0.2, 0.25) is 0 Å². The minimum Gasteiger partial charge on any atom is -0.376 e. The van der Waals surface area contributed by atoms with Crippen LogP contribution in [0, 0.1) is 0 Å². The SMILES string of the molecule is O=C(c1cc(C2CC2)nc2ccccc12)N(Cc1ccccn1)C[C@@H]1CCCO1. The fourth-order valence-electron chi connectivity index (χ4n) is 4.07. The number of carbonyl (C=O) groups is 1. The smallest absolute Gasteiger partial charge is 0.255 e. The second kappa shape index (κ2) is 7.91. The van der Waals surface area contributed by atoms with Crippen molar-refractivity contribution in [1.82, 2.24) is 14.9 Å². The molecule has 3 heterocycles. The first kappa shape index (κ1) is 18.3. The van der Waals surface area contributed by atoms with Crippen LogP contribution in [0.4, 0.5) is 0 Å². The van der Waals surface area contributed by atoms with Gasteiger partial charge in [0.1, 0.15) is 0 Å². The van der Waals surface area contributed by atoms with Crippen LogP contribution in [0.25, 0.3) is 10.9 Å². The van der Waals surface area contributed by atoms with Crippen LogP contribution < -0.4 is 0 Å². The van der Waals surface area contributed by atoms with E-state index in [0.717, 1.165) is 60.1 Å². The number of pyridine rings is 2. The summed E-state index contributed by atoms with van der Waals surface area (Å²) < 4.78 is 5.84. The molecule has 1 atom stereocenters. The molecule has 3 aromatic rings. The molecule has 2 aliphatic rings. The van der Waals surface area contributed by atoms with Gasteiger partial charge in [-0.15, -0.1) is 0 Å². The zero-order chi connectivity index (χ0) is 19.6. The number of para-hydroxylation sites is 1. The van der Waals surface area contributed by atoms with Crippen molar-refractivity contribution in [3.8, 4) is 0 Å². The monoisotopic (exact) mass is 387 g/mol. The number of rotatable bonds is 6. The van der Waals surface area contributed by atoms with Gasteiger partial charge in [-0.05, 0) is 49.9 Å². The third kappa shape index (κ3) is 4.01. The molecule has 0 bridgehead atoms. The van der Waals surface area contributed by atoms with E-state index >= 15 is 0 Å². The van der Waals surface area contributed by atoms with Crippen molar-refractivity contribution < 1.29 is 9.53 Å². The third-order valence-electron chi connectivity index (χ3n) is 5.78. The van der Waals surface area contributed by atoms with Crippen LogP contribution in [0.15, 0.2) is 54.7 Å². The first-order chi connectivity index (χ1) is 14.3. The number of hydrogen-bond donors (Lipinski definition) is 0. The summed E-state index contributed by atoms with van der Waals surface area (Å²) in [5.41, 5.74) is 3.57. The highest BCUT2D eigenvalue weighted by molar-refractivity contribution is 6.06. The summed E-state index contributed by atoms with van der Waals surface area (Å²) in [6.07, 6.45) is 6.24. The van der Waals surface area contributed by atoms with E-state index in [2.05, 4.69) is 4.98 Å². The summed E-state index contributed by atoms with van der Waals surface area (Å²) in [7, 11) is 0. The molecule has 1 saturated carbocycles. The Labute approximate surface area is 170 Å². The number of ether oxygens (including phenoxy) is 1. The minimum absolute atomic E-state index is 0.0339. The number of carbonyl (C=O) groups excluding carboxylic acids is 1. The summed E-state index contributed by atoms with van der Waals surface area (Å²) in [6, 6.07) is 15.8. The Morgan fingerprint density at radius 2 is 1.97 bits per heavy atom. The molecule has 29 heavy (non-hydrogen) atoms. The maximum absolute atomic E-state index is 13.8. The molecule has 0 unspecified atom stereocenters. The van der Waals surface area contributed by atoms with E-state index in [4.69, 9.17) is 9.72 Å². The van der Waals surface area contributed by atoms with Crippen LogP contribution in [0.5, 0.6) is 0 Å². The van der Waals surface area contributed by atoms with Crippen molar-refractivity contribution in [1.29, 1.82) is 0 Å². The molecule has 1 amide bonds. The lowest BCUT2D eigenvalue weighted by molar-refractivity contribution is 0.0506. The van der Waals surface area contributed by atoms with Crippen LogP contribution in [-0.4, -0.2) is 40.0 Å². The van der Waals surface area contributed by atoms with E-state index in [1.54, 1.807) is 6.20 Å². The number of nitrogens with zero attached hydrogens (tertiary/aromatic N) is 3. The first-order valence-electron chi connectivity index (χ1n) is 10.5. The topological polar surface area (TPSA) is 55.3 Å². The number of benzene rings is 1. The molecule has 148 valence electrons. The molecule has 1 aliphatic carbocycles. The zero-order valence-electron chi connectivity index (χ0n) is 16.5. The summed E-state index contributed by atoms with van der Waals surface area (Å²) in [5.74, 6) is 0.528. The standard InChI is InChI=1S/C24H25N3O2/c28-24(21-14-23(17-10-11-17)26-22-9-2-1-8-20(21)22)27(16-19-7-5-13-29-19)15-18-6-3-4-12-25-18/h1-4,6,8-9,12,14,17,19H,5,7,10-11,13,15-16H2/t19-/m0/s1. The Morgan fingerprint density at radius 1 is 1.10 bits per heavy atom.